The molecule has 136 valence electrons. The molecular formula is C21H29NO3. The first-order valence-corrected chi connectivity index (χ1v) is 9.72. The summed E-state index contributed by atoms with van der Waals surface area (Å²) in [6, 6.07) is 8.15. The van der Waals surface area contributed by atoms with Crippen molar-refractivity contribution in [2.75, 3.05) is 6.54 Å². The molecule has 3 aliphatic rings. The standard InChI is InChI=1S/C21H29NO3/c1-15(17-6-4-16(13-23)5-7-17)19-12-18(21(25)14-22(19)21)8-11-20(24)9-2-3-10-20/h4-7,13,15,18-19,24-25H,2-3,8-12,14H2,1H3/t15-,18-,19-,21+,22?/m1/s1. The maximum absolute atomic E-state index is 10.9. The molecule has 0 radical (unpaired) electrons. The van der Waals surface area contributed by atoms with Gasteiger partial charge in [0.1, 0.15) is 12.0 Å². The Balaban J connectivity index is 1.41. The van der Waals surface area contributed by atoms with Crippen LogP contribution in [0.15, 0.2) is 24.3 Å². The molecule has 4 heteroatoms. The zero-order valence-electron chi connectivity index (χ0n) is 15.0. The first-order chi connectivity index (χ1) is 12.0. The molecule has 3 fully saturated rings. The van der Waals surface area contributed by atoms with Gasteiger partial charge in [0.2, 0.25) is 0 Å². The summed E-state index contributed by atoms with van der Waals surface area (Å²) in [5, 5.41) is 21.5. The molecule has 2 aliphatic heterocycles. The minimum atomic E-state index is -0.642. The van der Waals surface area contributed by atoms with Gasteiger partial charge in [-0.1, -0.05) is 44.0 Å². The topological polar surface area (TPSA) is 60.5 Å². The molecule has 0 aromatic heterocycles. The summed E-state index contributed by atoms with van der Waals surface area (Å²) in [5.74, 6) is 0.591. The molecule has 4 nitrogen and oxygen atoms in total. The lowest BCUT2D eigenvalue weighted by Crippen LogP contribution is -2.28. The van der Waals surface area contributed by atoms with Gasteiger partial charge < -0.3 is 10.2 Å². The van der Waals surface area contributed by atoms with Crippen molar-refractivity contribution < 1.29 is 15.0 Å². The minimum absolute atomic E-state index is 0.263. The van der Waals surface area contributed by atoms with E-state index in [0.29, 0.717) is 17.5 Å². The molecule has 1 aromatic rings. The summed E-state index contributed by atoms with van der Waals surface area (Å²) in [6.07, 6.45) is 7.71. The van der Waals surface area contributed by atoms with E-state index in [-0.39, 0.29) is 5.92 Å². The smallest absolute Gasteiger partial charge is 0.150 e. The molecule has 0 amide bonds. The summed E-state index contributed by atoms with van der Waals surface area (Å²) < 4.78 is 0. The van der Waals surface area contributed by atoms with Crippen LogP contribution in [0.3, 0.4) is 0 Å². The Hall–Kier alpha value is -1.23. The zero-order valence-corrected chi connectivity index (χ0v) is 15.0. The van der Waals surface area contributed by atoms with Crippen molar-refractivity contribution in [3.05, 3.63) is 35.4 Å². The predicted molar refractivity (Wildman–Crippen MR) is 96.4 cm³/mol. The van der Waals surface area contributed by atoms with Gasteiger partial charge in [0, 0.05) is 24.1 Å². The second-order valence-corrected chi connectivity index (χ2v) is 8.55. The number of fused-ring (bicyclic) bond motifs is 1. The van der Waals surface area contributed by atoms with Crippen LogP contribution in [0.2, 0.25) is 0 Å². The fraction of sp³-hybridized carbons (Fsp3) is 0.667. The van der Waals surface area contributed by atoms with E-state index < -0.39 is 11.3 Å². The summed E-state index contributed by atoms with van der Waals surface area (Å²) in [7, 11) is 0. The normalized spacial score (nSPS) is 36.8. The number of hydrogen-bond acceptors (Lipinski definition) is 4. The number of benzene rings is 1. The van der Waals surface area contributed by atoms with E-state index in [0.717, 1.165) is 57.8 Å². The number of hydrogen-bond donors (Lipinski definition) is 2. The number of nitrogens with zero attached hydrogens (tertiary/aromatic N) is 1. The molecule has 1 saturated carbocycles. The SMILES string of the molecule is C[C@H](c1ccc(C=O)cc1)[C@H]1C[C@@H](CCC2(O)CCCC2)[C@@]2(O)CN12. The molecule has 4 rings (SSSR count). The second kappa shape index (κ2) is 6.19. The number of aldehydes is 1. The van der Waals surface area contributed by atoms with Gasteiger partial charge in [0.05, 0.1) is 5.60 Å². The van der Waals surface area contributed by atoms with E-state index in [1.54, 1.807) is 0 Å². The molecule has 2 N–H and O–H groups in total. The highest BCUT2D eigenvalue weighted by molar-refractivity contribution is 5.74. The van der Waals surface area contributed by atoms with Crippen molar-refractivity contribution in [2.24, 2.45) is 5.92 Å². The van der Waals surface area contributed by atoms with Crippen LogP contribution < -0.4 is 0 Å². The Morgan fingerprint density at radius 2 is 1.92 bits per heavy atom. The van der Waals surface area contributed by atoms with Gasteiger partial charge in [-0.05, 0) is 43.6 Å². The first kappa shape index (κ1) is 17.2. The lowest BCUT2D eigenvalue weighted by Gasteiger charge is -2.26. The van der Waals surface area contributed by atoms with Gasteiger partial charge in [-0.25, -0.2) is 0 Å². The third kappa shape index (κ3) is 3.05. The average molecular weight is 343 g/mol. The molecule has 1 unspecified atom stereocenters. The fourth-order valence-corrected chi connectivity index (χ4v) is 5.24. The van der Waals surface area contributed by atoms with Crippen LogP contribution in [0, 0.1) is 5.92 Å². The predicted octanol–water partition coefficient (Wildman–Crippen LogP) is 3.08. The molecule has 1 aromatic carbocycles. The van der Waals surface area contributed by atoms with E-state index in [1.807, 2.05) is 24.3 Å². The molecule has 0 bridgehead atoms. The Labute approximate surface area is 149 Å². The lowest BCUT2D eigenvalue weighted by atomic mass is 9.83. The van der Waals surface area contributed by atoms with Crippen LogP contribution in [-0.2, 0) is 0 Å². The monoisotopic (exact) mass is 343 g/mol. The highest BCUT2D eigenvalue weighted by atomic mass is 16.3. The summed E-state index contributed by atoms with van der Waals surface area (Å²) in [6.45, 7) is 2.98. The highest BCUT2D eigenvalue weighted by Gasteiger charge is 2.65. The fourth-order valence-electron chi connectivity index (χ4n) is 5.24. The van der Waals surface area contributed by atoms with Crippen molar-refractivity contribution in [3.8, 4) is 0 Å². The number of carbonyl (C=O) groups excluding carboxylic acids is 1. The van der Waals surface area contributed by atoms with Crippen LogP contribution in [0.5, 0.6) is 0 Å². The molecule has 25 heavy (non-hydrogen) atoms. The van der Waals surface area contributed by atoms with Gasteiger partial charge in [0.15, 0.2) is 0 Å². The van der Waals surface area contributed by atoms with Crippen LogP contribution in [-0.4, -0.2) is 45.3 Å². The van der Waals surface area contributed by atoms with Crippen molar-refractivity contribution >= 4 is 6.29 Å². The van der Waals surface area contributed by atoms with Gasteiger partial charge in [-0.3, -0.25) is 9.69 Å². The molecule has 2 saturated heterocycles. The largest absolute Gasteiger partial charge is 0.390 e. The Morgan fingerprint density at radius 3 is 2.56 bits per heavy atom. The quantitative estimate of drug-likeness (QED) is 0.615. The van der Waals surface area contributed by atoms with Crippen LogP contribution in [0.4, 0.5) is 0 Å². The van der Waals surface area contributed by atoms with Crippen molar-refractivity contribution in [2.45, 2.75) is 75.2 Å². The van der Waals surface area contributed by atoms with E-state index in [4.69, 9.17) is 0 Å². The number of aliphatic hydroxyl groups is 2. The van der Waals surface area contributed by atoms with E-state index >= 15 is 0 Å². The van der Waals surface area contributed by atoms with Crippen LogP contribution >= 0.6 is 0 Å². The summed E-state index contributed by atoms with van der Waals surface area (Å²) in [4.78, 5) is 13.1. The van der Waals surface area contributed by atoms with E-state index in [2.05, 4.69) is 11.8 Å². The van der Waals surface area contributed by atoms with Gasteiger partial charge >= 0.3 is 0 Å². The highest BCUT2D eigenvalue weighted by Crippen LogP contribution is 2.54. The molecule has 0 spiro atoms. The molecule has 1 aliphatic carbocycles. The molecule has 2 heterocycles. The van der Waals surface area contributed by atoms with E-state index in [9.17, 15) is 15.0 Å². The number of rotatable bonds is 6. The van der Waals surface area contributed by atoms with E-state index in [1.165, 1.54) is 5.56 Å². The summed E-state index contributed by atoms with van der Waals surface area (Å²) in [5.41, 5.74) is 0.800. The Kier molecular flexibility index (Phi) is 4.25. The molecular weight excluding hydrogens is 314 g/mol. The minimum Gasteiger partial charge on any atom is -0.390 e. The number of piperidine rings is 1. The average Bonchev–Trinajstić information content (AvgIpc) is 2.99. The third-order valence-electron chi connectivity index (χ3n) is 7.05. The van der Waals surface area contributed by atoms with Crippen molar-refractivity contribution in [3.63, 3.8) is 0 Å². The second-order valence-electron chi connectivity index (χ2n) is 8.55. The van der Waals surface area contributed by atoms with Crippen LogP contribution in [0.1, 0.15) is 73.7 Å². The van der Waals surface area contributed by atoms with Crippen molar-refractivity contribution in [1.82, 2.24) is 4.90 Å². The third-order valence-corrected chi connectivity index (χ3v) is 7.05. The maximum atomic E-state index is 10.9. The summed E-state index contributed by atoms with van der Waals surface area (Å²) >= 11 is 0. The van der Waals surface area contributed by atoms with Crippen LogP contribution in [0.25, 0.3) is 0 Å². The lowest BCUT2D eigenvalue weighted by molar-refractivity contribution is 0.0125. The Bertz CT molecular complexity index is 637. The number of carbonyl (C=O) groups is 1. The molecule has 5 atom stereocenters. The van der Waals surface area contributed by atoms with Gasteiger partial charge in [0.25, 0.3) is 0 Å². The van der Waals surface area contributed by atoms with Gasteiger partial charge in [-0.2, -0.15) is 0 Å². The Morgan fingerprint density at radius 1 is 1.24 bits per heavy atom. The van der Waals surface area contributed by atoms with Gasteiger partial charge in [-0.15, -0.1) is 0 Å². The van der Waals surface area contributed by atoms with Crippen molar-refractivity contribution in [1.29, 1.82) is 0 Å². The zero-order chi connectivity index (χ0) is 17.7. The maximum Gasteiger partial charge on any atom is 0.150 e. The first-order valence-electron chi connectivity index (χ1n) is 9.72.